The fraction of sp³-hybridized carbons (Fsp3) is 0. The number of pyridine rings is 1. The van der Waals surface area contributed by atoms with Crippen LogP contribution in [0, 0.1) is 0 Å². The van der Waals surface area contributed by atoms with Gasteiger partial charge in [-0.3, -0.25) is 0 Å². The molecule has 0 bridgehead atoms. The highest BCUT2D eigenvalue weighted by Gasteiger charge is 2.24. The molecule has 0 spiro atoms. The van der Waals surface area contributed by atoms with Crippen LogP contribution in [0.4, 0.5) is 0 Å². The largest absolute Gasteiger partial charge is 0.308 e. The normalized spacial score (nSPS) is 11.6. The molecule has 11 aromatic rings. The first-order valence-corrected chi connectivity index (χ1v) is 19.5. The van der Waals surface area contributed by atoms with E-state index >= 15 is 0 Å². The summed E-state index contributed by atoms with van der Waals surface area (Å²) in [5.41, 5.74) is 11.6. The van der Waals surface area contributed by atoms with Crippen molar-refractivity contribution in [2.45, 2.75) is 0 Å². The molecule has 0 aliphatic heterocycles. The lowest BCUT2D eigenvalue weighted by atomic mass is 9.97. The highest BCUT2D eigenvalue weighted by Crippen LogP contribution is 2.49. The molecule has 6 heteroatoms. The van der Waals surface area contributed by atoms with E-state index in [0.29, 0.717) is 17.5 Å². The van der Waals surface area contributed by atoms with Gasteiger partial charge in [-0.15, -0.1) is 11.3 Å². The van der Waals surface area contributed by atoms with Crippen molar-refractivity contribution in [1.29, 1.82) is 0 Å². The van der Waals surface area contributed by atoms with Gasteiger partial charge in [0.15, 0.2) is 17.5 Å². The minimum absolute atomic E-state index is 0.632. The van der Waals surface area contributed by atoms with Gasteiger partial charge in [0.1, 0.15) is 0 Å². The number of nitrogens with zero attached hydrogens (tertiary/aromatic N) is 5. The first-order valence-electron chi connectivity index (χ1n) is 18.7. The average molecular weight is 734 g/mol. The smallest absolute Gasteiger partial charge is 0.164 e. The summed E-state index contributed by atoms with van der Waals surface area (Å²) >= 11 is 1.87. The van der Waals surface area contributed by atoms with Gasteiger partial charge in [-0.25, -0.2) is 19.9 Å². The van der Waals surface area contributed by atoms with Gasteiger partial charge in [0.2, 0.25) is 0 Å². The molecule has 0 fully saturated rings. The number of para-hydroxylation sites is 2. The van der Waals surface area contributed by atoms with E-state index in [1.807, 2.05) is 72.0 Å². The maximum atomic E-state index is 5.50. The molecule has 0 radical (unpaired) electrons. The fourth-order valence-electron chi connectivity index (χ4n) is 7.87. The standard InChI is InChI=1S/C50H31N5S/c1-5-16-33(17-6-1)44-43-45-46(39-24-13-14-27-41(39)55(45)37-22-11-4-12-23-37)56-47(43)42-38(25-15-26-40(42)51-44)32-28-30-36(31-29-32)50-53-48(34-18-7-2-8-19-34)52-49(54-50)35-20-9-3-10-21-35/h1-31H. The topological polar surface area (TPSA) is 56.5 Å². The van der Waals surface area contributed by atoms with E-state index in [0.717, 1.165) is 55.7 Å². The maximum absolute atomic E-state index is 5.50. The van der Waals surface area contributed by atoms with Crippen LogP contribution < -0.4 is 0 Å². The van der Waals surface area contributed by atoms with Crippen LogP contribution in [0.2, 0.25) is 0 Å². The van der Waals surface area contributed by atoms with E-state index in [4.69, 9.17) is 19.9 Å². The van der Waals surface area contributed by atoms with Crippen molar-refractivity contribution >= 4 is 53.4 Å². The Morgan fingerprint density at radius 3 is 1.52 bits per heavy atom. The Bertz CT molecular complexity index is 3150. The van der Waals surface area contributed by atoms with Crippen molar-refractivity contribution in [2.24, 2.45) is 0 Å². The van der Waals surface area contributed by atoms with Crippen LogP contribution in [0.3, 0.4) is 0 Å². The lowest BCUT2D eigenvalue weighted by Gasteiger charge is -2.13. The van der Waals surface area contributed by atoms with Crippen LogP contribution in [0.5, 0.6) is 0 Å². The zero-order valence-electron chi connectivity index (χ0n) is 30.0. The number of aromatic nitrogens is 5. The molecule has 4 aromatic heterocycles. The van der Waals surface area contributed by atoms with E-state index in [2.05, 4.69) is 132 Å². The van der Waals surface area contributed by atoms with Gasteiger partial charge in [-0.05, 0) is 35.4 Å². The van der Waals surface area contributed by atoms with E-state index in [1.54, 1.807) is 0 Å². The van der Waals surface area contributed by atoms with Crippen molar-refractivity contribution < 1.29 is 0 Å². The minimum Gasteiger partial charge on any atom is -0.308 e. The quantitative estimate of drug-likeness (QED) is 0.171. The summed E-state index contributed by atoms with van der Waals surface area (Å²) in [7, 11) is 0. The molecule has 11 rings (SSSR count). The third-order valence-electron chi connectivity index (χ3n) is 10.4. The minimum atomic E-state index is 0.632. The Balaban J connectivity index is 1.13. The number of rotatable bonds is 6. The lowest BCUT2D eigenvalue weighted by Crippen LogP contribution is -2.00. The third kappa shape index (κ3) is 5.30. The van der Waals surface area contributed by atoms with Crippen LogP contribution in [-0.4, -0.2) is 24.5 Å². The van der Waals surface area contributed by atoms with Gasteiger partial charge in [0.25, 0.3) is 0 Å². The monoisotopic (exact) mass is 733 g/mol. The summed E-state index contributed by atoms with van der Waals surface area (Å²) in [5, 5.41) is 3.56. The Labute approximate surface area is 326 Å². The van der Waals surface area contributed by atoms with E-state index in [9.17, 15) is 0 Å². The van der Waals surface area contributed by atoms with Crippen molar-refractivity contribution in [1.82, 2.24) is 24.5 Å². The molecule has 0 atom stereocenters. The predicted octanol–water partition coefficient (Wildman–Crippen LogP) is 13.1. The number of hydrogen-bond acceptors (Lipinski definition) is 5. The fourth-order valence-corrected chi connectivity index (χ4v) is 9.26. The summed E-state index contributed by atoms with van der Waals surface area (Å²) in [4.78, 5) is 20.3. The summed E-state index contributed by atoms with van der Waals surface area (Å²) in [5.74, 6) is 1.92. The molecule has 0 amide bonds. The van der Waals surface area contributed by atoms with Crippen molar-refractivity contribution in [3.8, 4) is 62.2 Å². The number of thiophene rings is 1. The molecular weight excluding hydrogens is 703 g/mol. The van der Waals surface area contributed by atoms with Crippen molar-refractivity contribution in [3.63, 3.8) is 0 Å². The molecule has 0 aliphatic rings. The zero-order valence-corrected chi connectivity index (χ0v) is 30.9. The summed E-state index contributed by atoms with van der Waals surface area (Å²) in [6, 6.07) is 65.3. The van der Waals surface area contributed by atoms with Gasteiger partial charge in [-0.2, -0.15) is 0 Å². The first kappa shape index (κ1) is 32.2. The van der Waals surface area contributed by atoms with Crippen LogP contribution in [-0.2, 0) is 0 Å². The highest BCUT2D eigenvalue weighted by atomic mass is 32.1. The van der Waals surface area contributed by atoms with Crippen LogP contribution in [0.1, 0.15) is 0 Å². The molecule has 262 valence electrons. The van der Waals surface area contributed by atoms with Gasteiger partial charge in [-0.1, -0.05) is 164 Å². The van der Waals surface area contributed by atoms with Gasteiger partial charge in [0, 0.05) is 48.8 Å². The molecule has 0 saturated heterocycles. The summed E-state index contributed by atoms with van der Waals surface area (Å²) in [6.07, 6.45) is 0. The Morgan fingerprint density at radius 2 is 0.893 bits per heavy atom. The van der Waals surface area contributed by atoms with E-state index in [1.165, 1.54) is 31.2 Å². The Hall–Kier alpha value is -7.28. The van der Waals surface area contributed by atoms with E-state index < -0.39 is 0 Å². The van der Waals surface area contributed by atoms with Crippen LogP contribution in [0.25, 0.3) is 104 Å². The van der Waals surface area contributed by atoms with Gasteiger partial charge < -0.3 is 4.57 Å². The summed E-state index contributed by atoms with van der Waals surface area (Å²) < 4.78 is 4.91. The SMILES string of the molecule is c1ccc(-c2nc(-c3ccccc3)nc(-c3ccc(-c4cccc5nc(-c6ccccc6)c6c(sc7c8ccccc8n(-c8ccccc8)c76)c45)cc3)n2)cc1. The maximum Gasteiger partial charge on any atom is 0.164 e. The molecule has 0 saturated carbocycles. The molecule has 56 heavy (non-hydrogen) atoms. The second-order valence-corrected chi connectivity index (χ2v) is 14.8. The number of fused-ring (bicyclic) bond motifs is 7. The van der Waals surface area contributed by atoms with E-state index in [-0.39, 0.29) is 0 Å². The average Bonchev–Trinajstić information content (AvgIpc) is 3.82. The third-order valence-corrected chi connectivity index (χ3v) is 11.7. The van der Waals surface area contributed by atoms with Crippen molar-refractivity contribution in [3.05, 3.63) is 188 Å². The molecule has 0 N–H and O–H groups in total. The molecule has 5 nitrogen and oxygen atoms in total. The number of benzene rings is 7. The molecule has 0 unspecified atom stereocenters. The lowest BCUT2D eigenvalue weighted by molar-refractivity contribution is 1.07. The second-order valence-electron chi connectivity index (χ2n) is 13.8. The number of hydrogen-bond donors (Lipinski definition) is 0. The molecule has 0 aliphatic carbocycles. The second kappa shape index (κ2) is 13.2. The van der Waals surface area contributed by atoms with Crippen LogP contribution >= 0.6 is 11.3 Å². The summed E-state index contributed by atoms with van der Waals surface area (Å²) in [6.45, 7) is 0. The van der Waals surface area contributed by atoms with Gasteiger partial charge in [0.05, 0.1) is 26.9 Å². The Morgan fingerprint density at radius 1 is 0.375 bits per heavy atom. The Kier molecular flexibility index (Phi) is 7.60. The van der Waals surface area contributed by atoms with Crippen molar-refractivity contribution in [2.75, 3.05) is 0 Å². The zero-order chi connectivity index (χ0) is 37.0. The predicted molar refractivity (Wildman–Crippen MR) is 232 cm³/mol. The molecular formula is C50H31N5S. The van der Waals surface area contributed by atoms with Crippen LogP contribution in [0.15, 0.2) is 188 Å². The highest BCUT2D eigenvalue weighted by molar-refractivity contribution is 7.27. The van der Waals surface area contributed by atoms with Gasteiger partial charge >= 0.3 is 0 Å². The molecule has 7 aromatic carbocycles. The molecule has 4 heterocycles. The first-order chi connectivity index (χ1) is 27.8.